The summed E-state index contributed by atoms with van der Waals surface area (Å²) in [5.74, 6) is 0.701. The van der Waals surface area contributed by atoms with Crippen LogP contribution in [0, 0.1) is 0 Å². The number of ether oxygens (including phenoxy) is 2. The molecule has 0 aliphatic heterocycles. The van der Waals surface area contributed by atoms with E-state index in [4.69, 9.17) is 9.47 Å². The second-order valence-corrected chi connectivity index (χ2v) is 5.85. The van der Waals surface area contributed by atoms with Crippen molar-refractivity contribution < 1.29 is 14.3 Å². The Morgan fingerprint density at radius 2 is 1.91 bits per heavy atom. The summed E-state index contributed by atoms with van der Waals surface area (Å²) in [7, 11) is 1.58. The summed E-state index contributed by atoms with van der Waals surface area (Å²) in [5, 5.41) is 2.92. The molecule has 0 spiro atoms. The molecule has 0 aliphatic carbocycles. The number of carbonyl (C=O) groups excluding carboxylic acids is 1. The van der Waals surface area contributed by atoms with Crippen LogP contribution >= 0.6 is 0 Å². The van der Waals surface area contributed by atoms with Crippen LogP contribution in [0.1, 0.15) is 53.4 Å². The number of anilines is 1. The molecule has 0 heterocycles. The van der Waals surface area contributed by atoms with Crippen molar-refractivity contribution in [3.8, 4) is 5.75 Å². The van der Waals surface area contributed by atoms with E-state index in [9.17, 15) is 4.79 Å². The van der Waals surface area contributed by atoms with Crippen molar-refractivity contribution in [2.75, 3.05) is 12.4 Å². The molecule has 0 bridgehead atoms. The molecule has 0 radical (unpaired) electrons. The Hall–Kier alpha value is -1.55. The highest BCUT2D eigenvalue weighted by molar-refractivity contribution is 5.97. The zero-order valence-electron chi connectivity index (χ0n) is 14.4. The van der Waals surface area contributed by atoms with Gasteiger partial charge >= 0.3 is 0 Å². The maximum absolute atomic E-state index is 12.4. The fourth-order valence-electron chi connectivity index (χ4n) is 2.02. The van der Waals surface area contributed by atoms with E-state index in [0.717, 1.165) is 30.7 Å². The van der Waals surface area contributed by atoms with Crippen LogP contribution in [-0.2, 0) is 9.53 Å². The summed E-state index contributed by atoms with van der Waals surface area (Å²) < 4.78 is 11.2. The van der Waals surface area contributed by atoms with Crippen LogP contribution in [0.4, 0.5) is 5.69 Å². The van der Waals surface area contributed by atoms with Gasteiger partial charge in [0.15, 0.2) is 0 Å². The molecule has 1 N–H and O–H groups in total. The molecule has 0 saturated heterocycles. The van der Waals surface area contributed by atoms with E-state index in [1.807, 2.05) is 38.1 Å². The molecule has 1 aromatic rings. The van der Waals surface area contributed by atoms with Gasteiger partial charge in [-0.25, -0.2) is 0 Å². The third-order valence-corrected chi connectivity index (χ3v) is 3.96. The Balaban J connectivity index is 2.67. The second kappa shape index (κ2) is 8.79. The largest absolute Gasteiger partial charge is 0.491 e. The lowest BCUT2D eigenvalue weighted by Crippen LogP contribution is -2.41. The molecule has 2 atom stereocenters. The van der Waals surface area contributed by atoms with Gasteiger partial charge in [-0.2, -0.15) is 0 Å². The van der Waals surface area contributed by atoms with E-state index in [1.165, 1.54) is 0 Å². The Morgan fingerprint density at radius 3 is 2.41 bits per heavy atom. The Morgan fingerprint density at radius 1 is 1.27 bits per heavy atom. The van der Waals surface area contributed by atoms with E-state index in [1.54, 1.807) is 7.11 Å². The highest BCUT2D eigenvalue weighted by Crippen LogP contribution is 2.22. The lowest BCUT2D eigenvalue weighted by molar-refractivity contribution is -0.136. The number of unbranched alkanes of at least 4 members (excludes halogenated alkanes) is 1. The van der Waals surface area contributed by atoms with Crippen molar-refractivity contribution in [1.29, 1.82) is 0 Å². The minimum absolute atomic E-state index is 0.112. The third kappa shape index (κ3) is 5.34. The predicted octanol–water partition coefficient (Wildman–Crippen LogP) is 4.40. The lowest BCUT2D eigenvalue weighted by Gasteiger charge is -2.26. The predicted molar refractivity (Wildman–Crippen MR) is 90.4 cm³/mol. The molecular formula is C18H29NO3. The third-order valence-electron chi connectivity index (χ3n) is 3.96. The van der Waals surface area contributed by atoms with Gasteiger partial charge in [-0.15, -0.1) is 0 Å². The van der Waals surface area contributed by atoms with E-state index in [-0.39, 0.29) is 12.0 Å². The highest BCUT2D eigenvalue weighted by Gasteiger charge is 2.32. The minimum Gasteiger partial charge on any atom is -0.491 e. The molecular weight excluding hydrogens is 278 g/mol. The van der Waals surface area contributed by atoms with E-state index < -0.39 is 5.60 Å². The summed E-state index contributed by atoms with van der Waals surface area (Å²) in [6.07, 6.45) is 3.85. The summed E-state index contributed by atoms with van der Waals surface area (Å²) in [5.41, 5.74) is -0.0386. The zero-order chi connectivity index (χ0) is 16.6. The van der Waals surface area contributed by atoms with Crippen molar-refractivity contribution in [2.24, 2.45) is 0 Å². The average molecular weight is 307 g/mol. The minimum atomic E-state index is -0.790. The molecule has 124 valence electrons. The maximum Gasteiger partial charge on any atom is 0.256 e. The standard InChI is InChI=1S/C18H29NO3/c1-6-8-13-18(4,21-5)17(20)19-15-9-11-16(12-10-15)22-14(3)7-2/h9-12,14H,6-8,13H2,1-5H3,(H,19,20)/t14-,18+/m0/s1. The molecule has 0 aliphatic rings. The first-order valence-electron chi connectivity index (χ1n) is 8.08. The van der Waals surface area contributed by atoms with Gasteiger partial charge in [0.2, 0.25) is 0 Å². The number of rotatable bonds is 9. The SMILES string of the molecule is CCCC[C@@](C)(OC)C(=O)Nc1ccc(O[C@@H](C)CC)cc1. The van der Waals surface area contributed by atoms with Crippen LogP contribution in [0.3, 0.4) is 0 Å². The fourth-order valence-corrected chi connectivity index (χ4v) is 2.02. The monoisotopic (exact) mass is 307 g/mol. The van der Waals surface area contributed by atoms with Gasteiger partial charge < -0.3 is 14.8 Å². The summed E-state index contributed by atoms with van der Waals surface area (Å²) in [6, 6.07) is 7.45. The lowest BCUT2D eigenvalue weighted by atomic mass is 9.97. The number of methoxy groups -OCH3 is 1. The molecule has 0 aromatic heterocycles. The number of benzene rings is 1. The molecule has 0 unspecified atom stereocenters. The average Bonchev–Trinajstić information content (AvgIpc) is 2.54. The Labute approximate surface area is 134 Å². The Kier molecular flexibility index (Phi) is 7.39. The van der Waals surface area contributed by atoms with E-state index in [0.29, 0.717) is 6.42 Å². The van der Waals surface area contributed by atoms with Crippen molar-refractivity contribution in [3.63, 3.8) is 0 Å². The summed E-state index contributed by atoms with van der Waals surface area (Å²) >= 11 is 0. The van der Waals surface area contributed by atoms with Gasteiger partial charge in [-0.05, 0) is 51.0 Å². The molecule has 1 aromatic carbocycles. The van der Waals surface area contributed by atoms with E-state index >= 15 is 0 Å². The topological polar surface area (TPSA) is 47.6 Å². The molecule has 1 rings (SSSR count). The normalized spacial score (nSPS) is 15.0. The maximum atomic E-state index is 12.4. The zero-order valence-corrected chi connectivity index (χ0v) is 14.4. The van der Waals surface area contributed by atoms with Gasteiger partial charge in [0, 0.05) is 12.8 Å². The smallest absolute Gasteiger partial charge is 0.256 e. The first-order chi connectivity index (χ1) is 10.4. The first kappa shape index (κ1) is 18.5. The summed E-state index contributed by atoms with van der Waals surface area (Å²) in [6.45, 7) is 8.05. The fraction of sp³-hybridized carbons (Fsp3) is 0.611. The van der Waals surface area contributed by atoms with Gasteiger partial charge in [0.05, 0.1) is 6.10 Å². The summed E-state index contributed by atoms with van der Waals surface area (Å²) in [4.78, 5) is 12.4. The van der Waals surface area contributed by atoms with Gasteiger partial charge in [0.1, 0.15) is 11.4 Å². The molecule has 4 heteroatoms. The van der Waals surface area contributed by atoms with Crippen molar-refractivity contribution in [2.45, 2.75) is 65.1 Å². The molecule has 4 nitrogen and oxygen atoms in total. The van der Waals surface area contributed by atoms with Crippen LogP contribution in [-0.4, -0.2) is 24.7 Å². The Bertz CT molecular complexity index is 458. The molecule has 0 fully saturated rings. The highest BCUT2D eigenvalue weighted by atomic mass is 16.5. The van der Waals surface area contributed by atoms with Gasteiger partial charge in [0.25, 0.3) is 5.91 Å². The number of nitrogens with one attached hydrogen (secondary N) is 1. The van der Waals surface area contributed by atoms with Crippen LogP contribution in [0.25, 0.3) is 0 Å². The number of hydrogen-bond acceptors (Lipinski definition) is 3. The second-order valence-electron chi connectivity index (χ2n) is 5.85. The number of amides is 1. The number of carbonyl (C=O) groups is 1. The van der Waals surface area contributed by atoms with Crippen LogP contribution in [0.2, 0.25) is 0 Å². The van der Waals surface area contributed by atoms with Gasteiger partial charge in [-0.3, -0.25) is 4.79 Å². The van der Waals surface area contributed by atoms with Crippen LogP contribution in [0.15, 0.2) is 24.3 Å². The molecule has 1 amide bonds. The van der Waals surface area contributed by atoms with Crippen molar-refractivity contribution >= 4 is 11.6 Å². The first-order valence-corrected chi connectivity index (χ1v) is 8.08. The van der Waals surface area contributed by atoms with E-state index in [2.05, 4.69) is 19.2 Å². The number of hydrogen-bond donors (Lipinski definition) is 1. The van der Waals surface area contributed by atoms with Crippen molar-refractivity contribution in [3.05, 3.63) is 24.3 Å². The van der Waals surface area contributed by atoms with Crippen LogP contribution in [0.5, 0.6) is 5.75 Å². The van der Waals surface area contributed by atoms with Crippen LogP contribution < -0.4 is 10.1 Å². The van der Waals surface area contributed by atoms with Gasteiger partial charge in [-0.1, -0.05) is 26.7 Å². The molecule has 22 heavy (non-hydrogen) atoms. The van der Waals surface area contributed by atoms with Crippen molar-refractivity contribution in [1.82, 2.24) is 0 Å². The quantitative estimate of drug-likeness (QED) is 0.735. The molecule has 0 saturated carbocycles.